The summed E-state index contributed by atoms with van der Waals surface area (Å²) in [5, 5.41) is 10.7. The van der Waals surface area contributed by atoms with Crippen LogP contribution in [0.25, 0.3) is 0 Å². The molecular formula is C10H11N3O3. The summed E-state index contributed by atoms with van der Waals surface area (Å²) in [5.41, 5.74) is 5.23. The molecule has 84 valence electrons. The number of nitrogens with two attached hydrogens (primary N) is 1. The fourth-order valence-corrected chi connectivity index (χ4v) is 1.01. The van der Waals surface area contributed by atoms with Crippen molar-refractivity contribution in [1.29, 1.82) is 0 Å². The molecule has 0 saturated heterocycles. The lowest BCUT2D eigenvalue weighted by Gasteiger charge is -1.99. The maximum atomic E-state index is 10.7. The SMILES string of the molecule is COc1ccc([N+](=O)[O-])c(C#CCCN)n1. The van der Waals surface area contributed by atoms with Gasteiger partial charge in [-0.1, -0.05) is 5.92 Å². The Bertz CT molecular complexity index is 448. The Balaban J connectivity index is 3.11. The third kappa shape index (κ3) is 2.93. The molecule has 1 aromatic rings. The molecule has 2 N–H and O–H groups in total. The van der Waals surface area contributed by atoms with Crippen molar-refractivity contribution in [2.24, 2.45) is 5.73 Å². The van der Waals surface area contributed by atoms with E-state index in [1.165, 1.54) is 19.2 Å². The molecule has 0 aliphatic heterocycles. The molecule has 0 amide bonds. The van der Waals surface area contributed by atoms with Gasteiger partial charge in [-0.2, -0.15) is 4.98 Å². The molecular weight excluding hydrogens is 210 g/mol. The minimum Gasteiger partial charge on any atom is -0.481 e. The van der Waals surface area contributed by atoms with E-state index in [0.29, 0.717) is 18.8 Å². The Morgan fingerprint density at radius 2 is 2.38 bits per heavy atom. The summed E-state index contributed by atoms with van der Waals surface area (Å²) in [5.74, 6) is 5.60. The first-order chi connectivity index (χ1) is 7.69. The zero-order valence-corrected chi connectivity index (χ0v) is 8.77. The van der Waals surface area contributed by atoms with E-state index in [4.69, 9.17) is 10.5 Å². The van der Waals surface area contributed by atoms with Gasteiger partial charge in [0, 0.05) is 25.1 Å². The molecule has 0 aromatic carbocycles. The number of hydrogen-bond donors (Lipinski definition) is 1. The van der Waals surface area contributed by atoms with Gasteiger partial charge in [0.25, 0.3) is 0 Å². The summed E-state index contributed by atoms with van der Waals surface area (Å²) in [6.45, 7) is 0.408. The summed E-state index contributed by atoms with van der Waals surface area (Å²) in [4.78, 5) is 14.1. The third-order valence-corrected chi connectivity index (χ3v) is 1.73. The van der Waals surface area contributed by atoms with Crippen LogP contribution in [0.2, 0.25) is 0 Å². The maximum absolute atomic E-state index is 10.7. The van der Waals surface area contributed by atoms with Crippen LogP contribution in [0.1, 0.15) is 12.1 Å². The number of pyridine rings is 1. The number of nitrogens with zero attached hydrogens (tertiary/aromatic N) is 2. The highest BCUT2D eigenvalue weighted by Gasteiger charge is 2.14. The van der Waals surface area contributed by atoms with E-state index in [1.807, 2.05) is 0 Å². The van der Waals surface area contributed by atoms with Gasteiger partial charge in [-0.25, -0.2) is 0 Å². The smallest absolute Gasteiger partial charge is 0.303 e. The minimum absolute atomic E-state index is 0.0952. The summed E-state index contributed by atoms with van der Waals surface area (Å²) in [7, 11) is 1.44. The fraction of sp³-hybridized carbons (Fsp3) is 0.300. The topological polar surface area (TPSA) is 91.3 Å². The van der Waals surface area contributed by atoms with E-state index in [9.17, 15) is 10.1 Å². The average Bonchev–Trinajstić information content (AvgIpc) is 2.29. The summed E-state index contributed by atoms with van der Waals surface area (Å²) < 4.78 is 4.87. The zero-order chi connectivity index (χ0) is 12.0. The van der Waals surface area contributed by atoms with Crippen LogP contribution in [0.15, 0.2) is 12.1 Å². The minimum atomic E-state index is -0.529. The molecule has 6 heteroatoms. The van der Waals surface area contributed by atoms with E-state index >= 15 is 0 Å². The predicted molar refractivity (Wildman–Crippen MR) is 58.0 cm³/mol. The second-order valence-electron chi connectivity index (χ2n) is 2.82. The average molecular weight is 221 g/mol. The standard InChI is InChI=1S/C10H11N3O3/c1-16-10-6-5-9(13(14)15)8(12-10)4-2-3-7-11/h5-6H,3,7,11H2,1H3. The van der Waals surface area contributed by atoms with E-state index < -0.39 is 4.92 Å². The van der Waals surface area contributed by atoms with Crippen LogP contribution in [-0.4, -0.2) is 23.6 Å². The van der Waals surface area contributed by atoms with Crippen molar-refractivity contribution in [3.63, 3.8) is 0 Å². The van der Waals surface area contributed by atoms with Gasteiger partial charge >= 0.3 is 5.69 Å². The fourth-order valence-electron chi connectivity index (χ4n) is 1.01. The molecule has 0 fully saturated rings. The molecule has 0 spiro atoms. The number of aromatic nitrogens is 1. The van der Waals surface area contributed by atoms with Crippen molar-refractivity contribution in [2.75, 3.05) is 13.7 Å². The highest BCUT2D eigenvalue weighted by atomic mass is 16.6. The van der Waals surface area contributed by atoms with Gasteiger partial charge in [-0.05, 0) is 5.92 Å². The van der Waals surface area contributed by atoms with Crippen molar-refractivity contribution >= 4 is 5.69 Å². The molecule has 1 rings (SSSR count). The van der Waals surface area contributed by atoms with Gasteiger partial charge in [-0.3, -0.25) is 10.1 Å². The lowest BCUT2D eigenvalue weighted by molar-refractivity contribution is -0.385. The highest BCUT2D eigenvalue weighted by Crippen LogP contribution is 2.18. The number of ether oxygens (including phenoxy) is 1. The summed E-state index contributed by atoms with van der Waals surface area (Å²) in [6, 6.07) is 2.74. The molecule has 6 nitrogen and oxygen atoms in total. The van der Waals surface area contributed by atoms with Gasteiger partial charge < -0.3 is 10.5 Å². The molecule has 0 unspecified atom stereocenters. The first-order valence-electron chi connectivity index (χ1n) is 4.57. The van der Waals surface area contributed by atoms with Crippen LogP contribution < -0.4 is 10.5 Å². The molecule has 1 heterocycles. The zero-order valence-electron chi connectivity index (χ0n) is 8.77. The molecule has 0 saturated carbocycles. The number of methoxy groups -OCH3 is 1. The maximum Gasteiger partial charge on any atom is 0.303 e. The van der Waals surface area contributed by atoms with Crippen molar-refractivity contribution in [3.8, 4) is 17.7 Å². The second kappa shape index (κ2) is 5.68. The quantitative estimate of drug-likeness (QED) is 0.460. The van der Waals surface area contributed by atoms with E-state index in [0.717, 1.165) is 0 Å². The highest BCUT2D eigenvalue weighted by molar-refractivity contribution is 5.47. The van der Waals surface area contributed by atoms with Gasteiger partial charge in [0.05, 0.1) is 12.0 Å². The molecule has 1 aromatic heterocycles. The molecule has 0 bridgehead atoms. The van der Waals surface area contributed by atoms with Crippen molar-refractivity contribution in [2.45, 2.75) is 6.42 Å². The normalized spacial score (nSPS) is 9.12. The monoisotopic (exact) mass is 221 g/mol. The number of nitro groups is 1. The third-order valence-electron chi connectivity index (χ3n) is 1.73. The van der Waals surface area contributed by atoms with Crippen LogP contribution in [0.5, 0.6) is 5.88 Å². The van der Waals surface area contributed by atoms with Crippen molar-refractivity contribution in [3.05, 3.63) is 27.9 Å². The second-order valence-corrected chi connectivity index (χ2v) is 2.82. The Morgan fingerprint density at radius 3 is 2.94 bits per heavy atom. The summed E-state index contributed by atoms with van der Waals surface area (Å²) >= 11 is 0. The van der Waals surface area contributed by atoms with Gasteiger partial charge in [0.15, 0.2) is 5.69 Å². The Labute approximate surface area is 92.6 Å². The molecule has 0 radical (unpaired) electrons. The Morgan fingerprint density at radius 1 is 1.62 bits per heavy atom. The van der Waals surface area contributed by atoms with Crippen LogP contribution in [0.4, 0.5) is 5.69 Å². The molecule has 0 atom stereocenters. The van der Waals surface area contributed by atoms with E-state index in [2.05, 4.69) is 16.8 Å². The van der Waals surface area contributed by atoms with Gasteiger partial charge in [-0.15, -0.1) is 0 Å². The number of hydrogen-bond acceptors (Lipinski definition) is 5. The lowest BCUT2D eigenvalue weighted by atomic mass is 10.3. The van der Waals surface area contributed by atoms with Crippen molar-refractivity contribution in [1.82, 2.24) is 4.98 Å². The first kappa shape index (κ1) is 11.9. The number of rotatable bonds is 3. The lowest BCUT2D eigenvalue weighted by Crippen LogP contribution is -1.98. The Hall–Kier alpha value is -2.13. The first-order valence-corrected chi connectivity index (χ1v) is 4.57. The Kier molecular flexibility index (Phi) is 4.24. The van der Waals surface area contributed by atoms with Crippen LogP contribution in [-0.2, 0) is 0 Å². The van der Waals surface area contributed by atoms with E-state index in [1.54, 1.807) is 0 Å². The van der Waals surface area contributed by atoms with Gasteiger partial charge in [0.1, 0.15) is 0 Å². The van der Waals surface area contributed by atoms with Crippen LogP contribution in [0.3, 0.4) is 0 Å². The predicted octanol–water partition coefficient (Wildman–Crippen LogP) is 0.699. The van der Waals surface area contributed by atoms with Crippen LogP contribution >= 0.6 is 0 Å². The molecule has 0 aliphatic rings. The van der Waals surface area contributed by atoms with Gasteiger partial charge in [0.2, 0.25) is 5.88 Å². The van der Waals surface area contributed by atoms with Crippen molar-refractivity contribution < 1.29 is 9.66 Å². The van der Waals surface area contributed by atoms with Crippen LogP contribution in [0, 0.1) is 22.0 Å². The molecule has 16 heavy (non-hydrogen) atoms. The summed E-state index contributed by atoms with van der Waals surface area (Å²) in [6.07, 6.45) is 0.468. The van der Waals surface area contributed by atoms with E-state index in [-0.39, 0.29) is 11.4 Å². The largest absolute Gasteiger partial charge is 0.481 e. The molecule has 0 aliphatic carbocycles.